The topological polar surface area (TPSA) is 38.0 Å². The van der Waals surface area contributed by atoms with Crippen LogP contribution in [0.5, 0.6) is 0 Å². The molecule has 0 saturated heterocycles. The molecule has 1 heterocycles. The molecule has 1 N–H and O–H groups in total. The van der Waals surface area contributed by atoms with E-state index in [2.05, 4.69) is 37.9 Å². The van der Waals surface area contributed by atoms with E-state index < -0.39 is 6.10 Å². The molecule has 0 aliphatic carbocycles. The second kappa shape index (κ2) is 6.71. The molecular weight excluding hydrogens is 248 g/mol. The highest BCUT2D eigenvalue weighted by Crippen LogP contribution is 2.23. The fourth-order valence-electron chi connectivity index (χ4n) is 2.52. The Morgan fingerprint density at radius 1 is 1.30 bits per heavy atom. The maximum absolute atomic E-state index is 10.6. The zero-order chi connectivity index (χ0) is 14.5. The highest BCUT2D eigenvalue weighted by atomic mass is 16.3. The molecule has 1 atom stereocenters. The minimum atomic E-state index is -0.601. The largest absolute Gasteiger partial charge is 0.382 e. The second-order valence-corrected chi connectivity index (χ2v) is 5.76. The fraction of sp³-hybridized carbons (Fsp3) is 0.471. The third kappa shape index (κ3) is 3.48. The summed E-state index contributed by atoms with van der Waals surface area (Å²) in [6, 6.07) is 8.24. The van der Waals surface area contributed by atoms with Gasteiger partial charge in [-0.2, -0.15) is 0 Å². The third-order valence-corrected chi connectivity index (χ3v) is 3.40. The summed E-state index contributed by atoms with van der Waals surface area (Å²) in [7, 11) is 0. The van der Waals surface area contributed by atoms with Crippen molar-refractivity contribution in [3.8, 4) is 0 Å². The van der Waals surface area contributed by atoms with E-state index in [1.54, 1.807) is 12.5 Å². The lowest BCUT2D eigenvalue weighted by Gasteiger charge is -2.15. The molecule has 0 aliphatic rings. The van der Waals surface area contributed by atoms with Crippen molar-refractivity contribution in [3.63, 3.8) is 0 Å². The van der Waals surface area contributed by atoms with E-state index >= 15 is 0 Å². The third-order valence-electron chi connectivity index (χ3n) is 3.40. The normalized spacial score (nSPS) is 12.8. The highest BCUT2D eigenvalue weighted by Gasteiger charge is 2.15. The number of aryl methyl sites for hydroxylation is 1. The van der Waals surface area contributed by atoms with Gasteiger partial charge >= 0.3 is 0 Å². The molecule has 0 radical (unpaired) electrons. The van der Waals surface area contributed by atoms with Crippen LogP contribution in [0.3, 0.4) is 0 Å². The lowest BCUT2D eigenvalue weighted by Crippen LogP contribution is -2.08. The molecule has 0 bridgehead atoms. The van der Waals surface area contributed by atoms with Crippen molar-refractivity contribution in [1.82, 2.24) is 9.55 Å². The summed E-state index contributed by atoms with van der Waals surface area (Å²) in [5, 5.41) is 10.6. The molecule has 0 saturated carbocycles. The van der Waals surface area contributed by atoms with Crippen LogP contribution in [-0.4, -0.2) is 14.7 Å². The predicted octanol–water partition coefficient (Wildman–Crippen LogP) is 3.57. The first-order chi connectivity index (χ1) is 9.61. The van der Waals surface area contributed by atoms with Crippen LogP contribution in [0, 0.1) is 5.92 Å². The molecule has 1 aromatic carbocycles. The molecule has 0 amide bonds. The molecule has 2 aromatic rings. The van der Waals surface area contributed by atoms with Gasteiger partial charge in [-0.15, -0.1) is 0 Å². The Morgan fingerprint density at radius 2 is 2.10 bits per heavy atom. The second-order valence-electron chi connectivity index (χ2n) is 5.76. The van der Waals surface area contributed by atoms with E-state index in [9.17, 15) is 5.11 Å². The molecule has 3 nitrogen and oxygen atoms in total. The number of aliphatic hydroxyl groups is 1. The highest BCUT2D eigenvalue weighted by molar-refractivity contribution is 5.30. The maximum Gasteiger partial charge on any atom is 0.121 e. The molecule has 2 rings (SSSR count). The Labute approximate surface area is 121 Å². The van der Waals surface area contributed by atoms with Gasteiger partial charge in [0.1, 0.15) is 6.10 Å². The predicted molar refractivity (Wildman–Crippen MR) is 81.6 cm³/mol. The molecule has 1 unspecified atom stereocenters. The SMILES string of the molecule is CCCn1cncc1C(O)c1cccc(CC(C)C)c1. The summed E-state index contributed by atoms with van der Waals surface area (Å²) in [6.07, 6.45) is 5.02. The van der Waals surface area contributed by atoms with E-state index in [-0.39, 0.29) is 0 Å². The summed E-state index contributed by atoms with van der Waals surface area (Å²) < 4.78 is 2.03. The zero-order valence-electron chi connectivity index (χ0n) is 12.6. The van der Waals surface area contributed by atoms with E-state index in [1.807, 2.05) is 16.7 Å². The number of rotatable bonds is 6. The van der Waals surface area contributed by atoms with Gasteiger partial charge in [0.15, 0.2) is 0 Å². The summed E-state index contributed by atoms with van der Waals surface area (Å²) in [5.74, 6) is 0.619. The first-order valence-electron chi connectivity index (χ1n) is 7.38. The lowest BCUT2D eigenvalue weighted by atomic mass is 9.98. The van der Waals surface area contributed by atoms with Crippen LogP contribution in [0.1, 0.15) is 50.1 Å². The number of aromatic nitrogens is 2. The van der Waals surface area contributed by atoms with Gasteiger partial charge < -0.3 is 9.67 Å². The number of imidazole rings is 1. The van der Waals surface area contributed by atoms with Crippen LogP contribution in [0.25, 0.3) is 0 Å². The van der Waals surface area contributed by atoms with Gasteiger partial charge in [-0.05, 0) is 29.9 Å². The first kappa shape index (κ1) is 14.8. The van der Waals surface area contributed by atoms with Crippen molar-refractivity contribution in [1.29, 1.82) is 0 Å². The minimum Gasteiger partial charge on any atom is -0.382 e. The van der Waals surface area contributed by atoms with Crippen LogP contribution < -0.4 is 0 Å². The number of aliphatic hydroxyl groups excluding tert-OH is 1. The Balaban J connectivity index is 2.23. The molecule has 0 aliphatic heterocycles. The number of hydrogen-bond acceptors (Lipinski definition) is 2. The summed E-state index contributed by atoms with van der Waals surface area (Å²) in [5.41, 5.74) is 3.09. The van der Waals surface area contributed by atoms with Gasteiger partial charge in [0.2, 0.25) is 0 Å². The Hall–Kier alpha value is -1.61. The number of hydrogen-bond donors (Lipinski definition) is 1. The van der Waals surface area contributed by atoms with Crippen LogP contribution in [0.15, 0.2) is 36.8 Å². The van der Waals surface area contributed by atoms with Gasteiger partial charge in [0, 0.05) is 6.54 Å². The number of nitrogens with zero attached hydrogens (tertiary/aromatic N) is 2. The van der Waals surface area contributed by atoms with Crippen molar-refractivity contribution < 1.29 is 5.11 Å². The standard InChI is InChI=1S/C17H24N2O/c1-4-8-19-12-18-11-16(19)17(20)15-7-5-6-14(10-15)9-13(2)3/h5-7,10-13,17,20H,4,8-9H2,1-3H3. The van der Waals surface area contributed by atoms with Gasteiger partial charge in [-0.1, -0.05) is 45.0 Å². The van der Waals surface area contributed by atoms with Crippen LogP contribution >= 0.6 is 0 Å². The molecule has 0 fully saturated rings. The van der Waals surface area contributed by atoms with Crippen molar-refractivity contribution >= 4 is 0 Å². The smallest absolute Gasteiger partial charge is 0.121 e. The van der Waals surface area contributed by atoms with E-state index in [4.69, 9.17) is 0 Å². The average molecular weight is 272 g/mol. The van der Waals surface area contributed by atoms with Crippen LogP contribution in [0.2, 0.25) is 0 Å². The molecule has 108 valence electrons. The fourth-order valence-corrected chi connectivity index (χ4v) is 2.52. The average Bonchev–Trinajstić information content (AvgIpc) is 2.86. The van der Waals surface area contributed by atoms with Gasteiger partial charge in [0.25, 0.3) is 0 Å². The van der Waals surface area contributed by atoms with Crippen molar-refractivity contribution in [2.24, 2.45) is 5.92 Å². The van der Waals surface area contributed by atoms with Crippen LogP contribution in [-0.2, 0) is 13.0 Å². The molecule has 3 heteroatoms. The van der Waals surface area contributed by atoms with E-state index in [1.165, 1.54) is 5.56 Å². The van der Waals surface area contributed by atoms with Gasteiger partial charge in [-0.25, -0.2) is 4.98 Å². The molecule has 20 heavy (non-hydrogen) atoms. The summed E-state index contributed by atoms with van der Waals surface area (Å²) >= 11 is 0. The van der Waals surface area contributed by atoms with E-state index in [0.717, 1.165) is 30.6 Å². The molecular formula is C17H24N2O. The Kier molecular flexibility index (Phi) is 4.96. The van der Waals surface area contributed by atoms with Crippen molar-refractivity contribution in [3.05, 3.63) is 53.6 Å². The van der Waals surface area contributed by atoms with Crippen molar-refractivity contribution in [2.45, 2.75) is 46.3 Å². The van der Waals surface area contributed by atoms with Gasteiger partial charge in [0.05, 0.1) is 18.2 Å². The summed E-state index contributed by atoms with van der Waals surface area (Å²) in [4.78, 5) is 4.16. The lowest BCUT2D eigenvalue weighted by molar-refractivity contribution is 0.209. The quantitative estimate of drug-likeness (QED) is 0.873. The van der Waals surface area contributed by atoms with E-state index in [0.29, 0.717) is 5.92 Å². The molecule has 0 spiro atoms. The van der Waals surface area contributed by atoms with Crippen LogP contribution in [0.4, 0.5) is 0 Å². The maximum atomic E-state index is 10.6. The van der Waals surface area contributed by atoms with Gasteiger partial charge in [-0.3, -0.25) is 0 Å². The monoisotopic (exact) mass is 272 g/mol. The number of benzene rings is 1. The molecule has 1 aromatic heterocycles. The summed E-state index contributed by atoms with van der Waals surface area (Å²) in [6.45, 7) is 7.43. The zero-order valence-corrected chi connectivity index (χ0v) is 12.6. The Bertz CT molecular complexity index is 545. The first-order valence-corrected chi connectivity index (χ1v) is 7.38. The minimum absolute atomic E-state index is 0.601. The van der Waals surface area contributed by atoms with Crippen molar-refractivity contribution in [2.75, 3.05) is 0 Å². The Morgan fingerprint density at radius 3 is 2.80 bits per heavy atom.